The highest BCUT2D eigenvalue weighted by Gasteiger charge is 2.50. The number of nitrogens with zero attached hydrogens (tertiary/aromatic N) is 1. The molecule has 0 aliphatic carbocycles. The van der Waals surface area contributed by atoms with Crippen LogP contribution in [0.25, 0.3) is 0 Å². The summed E-state index contributed by atoms with van der Waals surface area (Å²) in [4.78, 5) is 13.7. The number of alkyl halides is 3. The number of halogens is 3. The van der Waals surface area contributed by atoms with Crippen LogP contribution in [0.4, 0.5) is 13.2 Å². The predicted molar refractivity (Wildman–Crippen MR) is 99.5 cm³/mol. The first-order chi connectivity index (χ1) is 14.1. The third-order valence-corrected chi connectivity index (χ3v) is 6.87. The molecule has 11 heteroatoms. The highest BCUT2D eigenvalue weighted by Crippen LogP contribution is 2.40. The Morgan fingerprint density at radius 1 is 1.23 bits per heavy atom. The number of hydrogen-bond acceptors (Lipinski definition) is 6. The fraction of sp³-hybridized carbons (Fsp3) is 0.632. The van der Waals surface area contributed by atoms with Crippen molar-refractivity contribution in [1.82, 2.24) is 4.90 Å². The summed E-state index contributed by atoms with van der Waals surface area (Å²) in [7, 11) is 0. The lowest BCUT2D eigenvalue weighted by Gasteiger charge is -2.47. The normalized spacial score (nSPS) is 22.9. The number of carboxylic acids is 1. The number of carbonyl (C=O) groups is 1. The molecule has 2 aliphatic heterocycles. The van der Waals surface area contributed by atoms with Gasteiger partial charge in [0.05, 0.1) is 16.4 Å². The molecule has 0 bridgehead atoms. The van der Waals surface area contributed by atoms with Crippen LogP contribution in [0.2, 0.25) is 0 Å². The summed E-state index contributed by atoms with van der Waals surface area (Å²) < 4.78 is 73.0. The summed E-state index contributed by atoms with van der Waals surface area (Å²) in [5.74, 6) is -0.847. The minimum absolute atomic E-state index is 0.114. The Morgan fingerprint density at radius 2 is 1.80 bits per heavy atom. The maximum Gasteiger partial charge on any atom is 0.416 e. The zero-order valence-corrected chi connectivity index (χ0v) is 16.9. The molecule has 2 unspecified atom stereocenters. The van der Waals surface area contributed by atoms with Gasteiger partial charge in [-0.2, -0.15) is 13.2 Å². The van der Waals surface area contributed by atoms with E-state index in [4.69, 9.17) is 9.47 Å². The Labute approximate surface area is 174 Å². The lowest BCUT2D eigenvalue weighted by Crippen LogP contribution is -2.58. The third kappa shape index (κ3) is 4.96. The van der Waals surface area contributed by atoms with Crippen LogP contribution in [0.5, 0.6) is 5.75 Å². The summed E-state index contributed by atoms with van der Waals surface area (Å²) in [5, 5.41) is 8.63. The molecule has 1 N–H and O–H groups in total. The summed E-state index contributed by atoms with van der Waals surface area (Å²) in [6, 6.07) is 4.41. The first kappa shape index (κ1) is 23.0. The highest BCUT2D eigenvalue weighted by molar-refractivity contribution is 7.79. The van der Waals surface area contributed by atoms with Crippen molar-refractivity contribution in [3.05, 3.63) is 29.8 Å². The van der Waals surface area contributed by atoms with Crippen molar-refractivity contribution in [2.75, 3.05) is 26.3 Å². The van der Waals surface area contributed by atoms with Gasteiger partial charge < -0.3 is 19.1 Å². The molecule has 0 aromatic heterocycles. The lowest BCUT2D eigenvalue weighted by molar-refractivity contribution is -0.159. The fourth-order valence-corrected chi connectivity index (χ4v) is 5.26. The smallest absolute Gasteiger partial charge is 0.416 e. The Morgan fingerprint density at radius 3 is 2.27 bits per heavy atom. The molecular formula is C19H23F3NO6S-. The number of ether oxygens (including phenoxy) is 2. The van der Waals surface area contributed by atoms with Gasteiger partial charge >= 0.3 is 12.1 Å². The second-order valence-electron chi connectivity index (χ2n) is 7.56. The van der Waals surface area contributed by atoms with E-state index in [1.54, 1.807) is 4.90 Å². The van der Waals surface area contributed by atoms with E-state index < -0.39 is 39.6 Å². The van der Waals surface area contributed by atoms with Gasteiger partial charge in [-0.15, -0.1) is 0 Å². The van der Waals surface area contributed by atoms with E-state index >= 15 is 0 Å². The van der Waals surface area contributed by atoms with Gasteiger partial charge in [-0.05, 0) is 61.0 Å². The van der Waals surface area contributed by atoms with Gasteiger partial charge in [0.25, 0.3) is 0 Å². The maximum absolute atomic E-state index is 12.7. The molecule has 168 valence electrons. The van der Waals surface area contributed by atoms with Crippen molar-refractivity contribution < 1.29 is 41.3 Å². The van der Waals surface area contributed by atoms with Gasteiger partial charge in [0, 0.05) is 26.3 Å². The summed E-state index contributed by atoms with van der Waals surface area (Å²) in [6.45, 7) is 0.987. The van der Waals surface area contributed by atoms with Crippen LogP contribution in [-0.4, -0.2) is 62.5 Å². The Kier molecular flexibility index (Phi) is 7.05. The molecule has 2 atom stereocenters. The van der Waals surface area contributed by atoms with Crippen LogP contribution in [-0.2, 0) is 26.8 Å². The molecule has 2 saturated heterocycles. The van der Waals surface area contributed by atoms with E-state index in [9.17, 15) is 31.8 Å². The van der Waals surface area contributed by atoms with Crippen LogP contribution >= 0.6 is 0 Å². The van der Waals surface area contributed by atoms with Gasteiger partial charge in [0.15, 0.2) is 0 Å². The van der Waals surface area contributed by atoms with Crippen molar-refractivity contribution in [3.8, 4) is 5.75 Å². The van der Waals surface area contributed by atoms with Crippen LogP contribution in [0, 0.1) is 5.41 Å². The third-order valence-electron chi connectivity index (χ3n) is 5.76. The minimum Gasteiger partial charge on any atom is -0.771 e. The van der Waals surface area contributed by atoms with Crippen molar-refractivity contribution in [2.24, 2.45) is 5.41 Å². The van der Waals surface area contributed by atoms with Crippen molar-refractivity contribution in [1.29, 1.82) is 0 Å². The summed E-state index contributed by atoms with van der Waals surface area (Å²) in [6.07, 6.45) is -3.63. The summed E-state index contributed by atoms with van der Waals surface area (Å²) >= 11 is -2.63. The zero-order chi connectivity index (χ0) is 21.9. The number of likely N-dealkylation sites (tertiary alicyclic amines) is 1. The molecule has 2 fully saturated rings. The molecule has 30 heavy (non-hydrogen) atoms. The quantitative estimate of drug-likeness (QED) is 0.665. The fourth-order valence-electron chi connectivity index (χ4n) is 4.10. The zero-order valence-electron chi connectivity index (χ0n) is 16.1. The highest BCUT2D eigenvalue weighted by atomic mass is 32.2. The Hall–Kier alpha value is -1.69. The number of piperidine rings is 1. The Balaban J connectivity index is 1.64. The molecule has 0 saturated carbocycles. The van der Waals surface area contributed by atoms with Gasteiger partial charge in [-0.3, -0.25) is 13.9 Å². The van der Waals surface area contributed by atoms with Crippen molar-refractivity contribution in [3.63, 3.8) is 0 Å². The number of rotatable bonds is 6. The molecule has 2 heterocycles. The van der Waals surface area contributed by atoms with Crippen LogP contribution in [0.15, 0.2) is 24.3 Å². The molecule has 0 amide bonds. The number of hydrogen-bond donors (Lipinski definition) is 1. The molecule has 0 radical (unpaired) electrons. The number of benzene rings is 1. The molecule has 3 rings (SSSR count). The SMILES string of the molecule is O=C(O)C1(C(N2CCC(Oc3ccc(C(F)(F)F)cc3)CC2)S(=O)[O-])CCOCC1. The number of carboxylic acid groups (broad SMARTS) is 1. The molecule has 7 nitrogen and oxygen atoms in total. The van der Waals surface area contributed by atoms with Gasteiger partial charge in [0.2, 0.25) is 0 Å². The standard InChI is InChI=1S/C19H24F3NO6S/c20-19(21,22)13-1-3-14(4-2-13)29-15-5-9-23(10-6-15)16(30(26)27)18(17(24)25)7-11-28-12-8-18/h1-4,15-16H,5-12H2,(H,24,25)(H,26,27)/p-1. The first-order valence-corrected chi connectivity index (χ1v) is 10.7. The van der Waals surface area contributed by atoms with Gasteiger partial charge in [-0.1, -0.05) is 0 Å². The predicted octanol–water partition coefficient (Wildman–Crippen LogP) is 2.64. The second kappa shape index (κ2) is 9.21. The molecule has 2 aliphatic rings. The molecular weight excluding hydrogens is 427 g/mol. The molecule has 1 aromatic rings. The lowest BCUT2D eigenvalue weighted by atomic mass is 9.79. The average Bonchev–Trinajstić information content (AvgIpc) is 2.69. The van der Waals surface area contributed by atoms with E-state index in [-0.39, 0.29) is 32.2 Å². The van der Waals surface area contributed by atoms with Gasteiger partial charge in [0.1, 0.15) is 11.9 Å². The summed E-state index contributed by atoms with van der Waals surface area (Å²) in [5.41, 5.74) is -2.19. The number of aliphatic carboxylic acids is 1. The monoisotopic (exact) mass is 450 g/mol. The van der Waals surface area contributed by atoms with Crippen LogP contribution in [0.1, 0.15) is 31.2 Å². The molecule has 1 aromatic carbocycles. The van der Waals surface area contributed by atoms with Crippen molar-refractivity contribution >= 4 is 17.0 Å². The van der Waals surface area contributed by atoms with Crippen LogP contribution < -0.4 is 4.74 Å². The second-order valence-corrected chi connectivity index (χ2v) is 8.53. The van der Waals surface area contributed by atoms with Gasteiger partial charge in [-0.25, -0.2) is 0 Å². The topological polar surface area (TPSA) is 99.1 Å². The average molecular weight is 450 g/mol. The van der Waals surface area contributed by atoms with E-state index in [0.29, 0.717) is 31.7 Å². The van der Waals surface area contributed by atoms with E-state index in [1.807, 2.05) is 0 Å². The first-order valence-electron chi connectivity index (χ1n) is 9.61. The van der Waals surface area contributed by atoms with Crippen molar-refractivity contribution in [2.45, 2.75) is 43.3 Å². The molecule has 0 spiro atoms. The van der Waals surface area contributed by atoms with Crippen LogP contribution in [0.3, 0.4) is 0 Å². The maximum atomic E-state index is 12.7. The van der Waals surface area contributed by atoms with E-state index in [1.165, 1.54) is 12.1 Å². The Bertz CT molecular complexity index is 759. The van der Waals surface area contributed by atoms with E-state index in [2.05, 4.69) is 0 Å². The van der Waals surface area contributed by atoms with E-state index in [0.717, 1.165) is 12.1 Å². The minimum atomic E-state index is -4.42. The largest absolute Gasteiger partial charge is 0.771 e.